The van der Waals surface area contributed by atoms with Gasteiger partial charge in [0.15, 0.2) is 0 Å². The zero-order valence-corrected chi connectivity index (χ0v) is 18.1. The van der Waals surface area contributed by atoms with Crippen molar-refractivity contribution in [1.82, 2.24) is 0 Å². The highest BCUT2D eigenvalue weighted by Crippen LogP contribution is 2.08. The van der Waals surface area contributed by atoms with Crippen LogP contribution in [-0.2, 0) is 14.6 Å². The molecule has 1 aliphatic heterocycles. The predicted molar refractivity (Wildman–Crippen MR) is 126 cm³/mol. The van der Waals surface area contributed by atoms with Crippen LogP contribution in [0.2, 0.25) is 0 Å². The molecule has 1 rings (SSSR count). The number of hydrogen-bond acceptors (Lipinski definition) is 3. The molecule has 0 aromatic rings. The van der Waals surface area contributed by atoms with E-state index in [-0.39, 0.29) is 0 Å². The second-order valence-electron chi connectivity index (χ2n) is 6.42. The zero-order chi connectivity index (χ0) is 22.0. The third kappa shape index (κ3) is 25.0. The zero-order valence-electron chi connectivity index (χ0n) is 18.1. The Morgan fingerprint density at radius 2 is 1.17 bits per heavy atom. The molecule has 4 heteroatoms. The summed E-state index contributed by atoms with van der Waals surface area (Å²) in [4.78, 5) is 18.8. The van der Waals surface area contributed by atoms with Crippen LogP contribution in [0, 0.1) is 0 Å². The number of aliphatic carboxylic acids is 1. The Morgan fingerprint density at radius 1 is 0.700 bits per heavy atom. The molecule has 4 nitrogen and oxygen atoms in total. The minimum absolute atomic E-state index is 0.936. The van der Waals surface area contributed by atoms with E-state index < -0.39 is 5.97 Å². The van der Waals surface area contributed by atoms with Gasteiger partial charge in [0.05, 0.1) is 0 Å². The van der Waals surface area contributed by atoms with Crippen molar-refractivity contribution < 1.29 is 19.7 Å². The van der Waals surface area contributed by atoms with Crippen LogP contribution in [-0.4, -0.2) is 11.1 Å². The second-order valence-corrected chi connectivity index (χ2v) is 6.42. The summed E-state index contributed by atoms with van der Waals surface area (Å²) in [5.41, 5.74) is 0. The van der Waals surface area contributed by atoms with Crippen LogP contribution in [0.1, 0.15) is 58.3 Å². The maximum absolute atomic E-state index is 10.2. The van der Waals surface area contributed by atoms with Crippen LogP contribution in [0.4, 0.5) is 0 Å². The molecule has 0 saturated heterocycles. The summed E-state index contributed by atoms with van der Waals surface area (Å²) < 4.78 is 0. The van der Waals surface area contributed by atoms with Crippen molar-refractivity contribution >= 4 is 5.97 Å². The van der Waals surface area contributed by atoms with E-state index in [1.54, 1.807) is 24.3 Å². The van der Waals surface area contributed by atoms with Crippen LogP contribution < -0.4 is 0 Å². The molecule has 1 aliphatic rings. The van der Waals surface area contributed by atoms with Gasteiger partial charge in [0.25, 0.3) is 0 Å². The van der Waals surface area contributed by atoms with Crippen molar-refractivity contribution in [1.29, 1.82) is 0 Å². The first-order valence-electron chi connectivity index (χ1n) is 10.6. The standard InChI is InChI=1S/C22H32O2.C4H4O2/c1-2-3-4-5-6-7-8-9-10-11-12-13-14-15-16-17-18-19-20-21-22(23)24;1-2-4-6-5-3-1/h10-21H,2-9H2,1H3,(H,23,24);1-4H. The van der Waals surface area contributed by atoms with Crippen molar-refractivity contribution in [2.75, 3.05) is 0 Å². The van der Waals surface area contributed by atoms with E-state index in [0.29, 0.717) is 0 Å². The van der Waals surface area contributed by atoms with E-state index in [0.717, 1.165) is 12.5 Å². The lowest BCUT2D eigenvalue weighted by Crippen LogP contribution is -1.84. The highest BCUT2D eigenvalue weighted by Gasteiger charge is 1.88. The minimum atomic E-state index is -0.936. The molecule has 0 radical (unpaired) electrons. The van der Waals surface area contributed by atoms with Crippen molar-refractivity contribution in [2.45, 2.75) is 58.3 Å². The normalized spacial score (nSPS) is 13.6. The fourth-order valence-electron chi connectivity index (χ4n) is 2.26. The smallest absolute Gasteiger partial charge is 0.328 e. The number of carboxylic acids is 1. The largest absolute Gasteiger partial charge is 0.478 e. The number of rotatable bonds is 14. The highest BCUT2D eigenvalue weighted by molar-refractivity contribution is 5.80. The van der Waals surface area contributed by atoms with Gasteiger partial charge in [-0.3, -0.25) is 9.78 Å². The molecule has 0 unspecified atom stereocenters. The molecule has 30 heavy (non-hydrogen) atoms. The van der Waals surface area contributed by atoms with E-state index in [1.807, 2.05) is 36.5 Å². The lowest BCUT2D eigenvalue weighted by molar-refractivity contribution is -0.198. The Bertz CT molecular complexity index is 619. The van der Waals surface area contributed by atoms with Crippen molar-refractivity contribution in [3.63, 3.8) is 0 Å². The molecule has 1 heterocycles. The molecule has 0 atom stereocenters. The van der Waals surface area contributed by atoms with Crippen LogP contribution in [0.25, 0.3) is 0 Å². The Morgan fingerprint density at radius 3 is 1.63 bits per heavy atom. The van der Waals surface area contributed by atoms with Crippen LogP contribution in [0.3, 0.4) is 0 Å². The molecule has 0 spiro atoms. The summed E-state index contributed by atoms with van der Waals surface area (Å²) >= 11 is 0. The number of hydrogen-bond donors (Lipinski definition) is 1. The number of allylic oxidation sites excluding steroid dienone is 13. The van der Waals surface area contributed by atoms with E-state index in [2.05, 4.69) is 28.9 Å². The van der Waals surface area contributed by atoms with Gasteiger partial charge in [-0.25, -0.2) is 4.79 Å². The monoisotopic (exact) mass is 412 g/mol. The van der Waals surface area contributed by atoms with Gasteiger partial charge in [-0.1, -0.05) is 112 Å². The van der Waals surface area contributed by atoms with Gasteiger partial charge in [-0.05, 0) is 25.0 Å². The summed E-state index contributed by atoms with van der Waals surface area (Å²) in [7, 11) is 0. The highest BCUT2D eigenvalue weighted by atomic mass is 17.2. The second kappa shape index (κ2) is 24.0. The van der Waals surface area contributed by atoms with E-state index in [4.69, 9.17) is 5.11 Å². The lowest BCUT2D eigenvalue weighted by atomic mass is 10.1. The van der Waals surface area contributed by atoms with Gasteiger partial charge in [0, 0.05) is 6.08 Å². The number of unbranched alkanes of at least 4 members (excludes halogenated alkanes) is 7. The van der Waals surface area contributed by atoms with Gasteiger partial charge >= 0.3 is 5.97 Å². The van der Waals surface area contributed by atoms with Gasteiger partial charge in [-0.2, -0.15) is 0 Å². The third-order valence-electron chi connectivity index (χ3n) is 3.78. The van der Waals surface area contributed by atoms with Gasteiger partial charge in [-0.15, -0.1) is 0 Å². The first kappa shape index (κ1) is 27.0. The van der Waals surface area contributed by atoms with Gasteiger partial charge in [0.2, 0.25) is 0 Å². The topological polar surface area (TPSA) is 55.8 Å². The third-order valence-corrected chi connectivity index (χ3v) is 3.78. The molecule has 164 valence electrons. The molecule has 1 N–H and O–H groups in total. The average Bonchev–Trinajstić information content (AvgIpc) is 2.77. The Kier molecular flexibility index (Phi) is 21.6. The molecule has 0 aromatic carbocycles. The summed E-state index contributed by atoms with van der Waals surface area (Å²) in [6.45, 7) is 2.25. The Balaban J connectivity index is 0.00000118. The Hall–Kier alpha value is -3.01. The quantitative estimate of drug-likeness (QED) is 0.139. The molecule has 0 amide bonds. The molecular formula is C26H36O4. The SMILES string of the molecule is C1=COOC=C1.CCCCCCCCCC=CC=CC=CC=CC=CC=CC(=O)O. The van der Waals surface area contributed by atoms with Gasteiger partial charge in [0.1, 0.15) is 12.5 Å². The first-order valence-corrected chi connectivity index (χ1v) is 10.6. The van der Waals surface area contributed by atoms with E-state index in [9.17, 15) is 4.79 Å². The summed E-state index contributed by atoms with van der Waals surface area (Å²) in [5, 5.41) is 8.39. The van der Waals surface area contributed by atoms with Crippen LogP contribution >= 0.6 is 0 Å². The summed E-state index contributed by atoms with van der Waals surface area (Å²) in [6, 6.07) is 0. The minimum Gasteiger partial charge on any atom is -0.478 e. The molecular weight excluding hydrogens is 376 g/mol. The van der Waals surface area contributed by atoms with Crippen molar-refractivity contribution in [3.05, 3.63) is 97.6 Å². The maximum atomic E-state index is 10.2. The molecule has 0 fully saturated rings. The maximum Gasteiger partial charge on any atom is 0.328 e. The Labute approximate surface area is 181 Å². The molecule has 0 bridgehead atoms. The number of carbonyl (C=O) groups is 1. The predicted octanol–water partition coefficient (Wildman–Crippen LogP) is 7.52. The van der Waals surface area contributed by atoms with Crippen molar-refractivity contribution in [3.8, 4) is 0 Å². The summed E-state index contributed by atoms with van der Waals surface area (Å²) in [6.07, 6.45) is 39.1. The lowest BCUT2D eigenvalue weighted by Gasteiger charge is -1.98. The van der Waals surface area contributed by atoms with E-state index >= 15 is 0 Å². The van der Waals surface area contributed by atoms with Crippen LogP contribution in [0.15, 0.2) is 97.6 Å². The van der Waals surface area contributed by atoms with Gasteiger partial charge < -0.3 is 5.11 Å². The molecule has 0 saturated carbocycles. The van der Waals surface area contributed by atoms with E-state index in [1.165, 1.54) is 63.5 Å². The molecule has 0 aromatic heterocycles. The fraction of sp³-hybridized carbons (Fsp3) is 0.346. The number of carboxylic acid groups (broad SMARTS) is 1. The van der Waals surface area contributed by atoms with Crippen molar-refractivity contribution in [2.24, 2.45) is 0 Å². The fourth-order valence-corrected chi connectivity index (χ4v) is 2.26. The average molecular weight is 413 g/mol. The first-order chi connectivity index (χ1) is 14.8. The summed E-state index contributed by atoms with van der Waals surface area (Å²) in [5.74, 6) is -0.936. The molecule has 0 aliphatic carbocycles. The van der Waals surface area contributed by atoms with Crippen LogP contribution in [0.5, 0.6) is 0 Å².